The Balaban J connectivity index is 1.19. The van der Waals surface area contributed by atoms with Crippen molar-refractivity contribution in [3.05, 3.63) is 50.7 Å². The molecular weight excluding hydrogens is 757 g/mol. The van der Waals surface area contributed by atoms with Crippen LogP contribution in [0.4, 0.5) is 5.13 Å². The Labute approximate surface area is 312 Å². The number of nitrogens with zero attached hydrogens (tertiary/aromatic N) is 6. The molecule has 5 atom stereocenters. The van der Waals surface area contributed by atoms with Crippen LogP contribution in [0.3, 0.4) is 0 Å². The number of nitrogens with one attached hydrogen (secondary N) is 1. The zero-order valence-corrected chi connectivity index (χ0v) is 30.1. The molecule has 0 unspecified atom stereocenters. The fourth-order valence-electron chi connectivity index (χ4n) is 7.04. The maximum absolute atomic E-state index is 13.7. The van der Waals surface area contributed by atoms with Gasteiger partial charge in [-0.05, 0) is 0 Å². The standard InChI is InChI=1S/C31H34N8O13S2/c1-14(40)51-28-15(11-39-5-2-3-16(39)9-36(4-6-39)26(46)18-7-19(41)20(42)10-37(18)50)12-53-29-24(27(47)38(28)29)34-25(45)23(17-13-54-31(32)33-17)35-52-21(30(48)49)8-22(43)44/h7,10,13,16,21,24,29,50H,2-6,8-9,11-12H2,1H3,(H5-,32,33,34,42,43,44,45,48,49)/p+1/b35-23-/t16-,21-,24+,29+,39+/m0/s1. The Kier molecular flexibility index (Phi) is 10.6. The third kappa shape index (κ3) is 7.41. The number of carboxylic acid groups (broad SMARTS) is 2. The summed E-state index contributed by atoms with van der Waals surface area (Å²) in [5.41, 5.74) is 4.63. The van der Waals surface area contributed by atoms with E-state index in [1.807, 2.05) is 0 Å². The monoisotopic (exact) mass is 791 g/mol. The van der Waals surface area contributed by atoms with Gasteiger partial charge in [-0.3, -0.25) is 33.7 Å². The van der Waals surface area contributed by atoms with E-state index in [1.165, 1.54) is 29.0 Å². The van der Waals surface area contributed by atoms with E-state index in [2.05, 4.69) is 15.5 Å². The number of ether oxygens (including phenoxy) is 1. The average Bonchev–Trinajstić information content (AvgIpc) is 3.73. The number of esters is 1. The van der Waals surface area contributed by atoms with Gasteiger partial charge in [0.25, 0.3) is 17.7 Å². The first-order valence-corrected chi connectivity index (χ1v) is 18.4. The van der Waals surface area contributed by atoms with Crippen LogP contribution in [0.5, 0.6) is 5.75 Å². The Hall–Kier alpha value is -5.68. The molecule has 0 radical (unpaired) electrons. The van der Waals surface area contributed by atoms with Crippen molar-refractivity contribution in [2.45, 2.75) is 49.7 Å². The Morgan fingerprint density at radius 3 is 2.63 bits per heavy atom. The largest absolute Gasteiger partial charge is 0.503 e. The zero-order valence-electron chi connectivity index (χ0n) is 28.4. The number of carboxylic acids is 2. The van der Waals surface area contributed by atoms with Gasteiger partial charge in [0, 0.05) is 37.0 Å². The summed E-state index contributed by atoms with van der Waals surface area (Å²) in [6, 6.07) is -0.320. The summed E-state index contributed by atoms with van der Waals surface area (Å²) < 4.78 is 6.59. The van der Waals surface area contributed by atoms with E-state index in [1.54, 1.807) is 4.90 Å². The summed E-state index contributed by atoms with van der Waals surface area (Å²) in [5, 5.41) is 45.0. The lowest BCUT2D eigenvalue weighted by molar-refractivity contribution is -0.938. The van der Waals surface area contributed by atoms with E-state index in [9.17, 15) is 49.0 Å². The lowest BCUT2D eigenvalue weighted by Gasteiger charge is -2.51. The van der Waals surface area contributed by atoms with E-state index in [0.29, 0.717) is 40.2 Å². The molecule has 23 heteroatoms. The number of pyridine rings is 1. The number of thioether (sulfide) groups is 1. The highest BCUT2D eigenvalue weighted by molar-refractivity contribution is 8.00. The van der Waals surface area contributed by atoms with Crippen LogP contribution in [0.2, 0.25) is 0 Å². The van der Waals surface area contributed by atoms with Gasteiger partial charge in [-0.2, -0.15) is 4.73 Å². The van der Waals surface area contributed by atoms with Gasteiger partial charge < -0.3 is 50.5 Å². The molecule has 2 aromatic rings. The van der Waals surface area contributed by atoms with E-state index in [4.69, 9.17) is 20.4 Å². The molecule has 0 saturated carbocycles. The van der Waals surface area contributed by atoms with E-state index < -0.39 is 76.5 Å². The number of aliphatic carboxylic acids is 2. The van der Waals surface area contributed by atoms with Crippen molar-refractivity contribution in [2.75, 3.05) is 44.2 Å². The first kappa shape index (κ1) is 38.1. The van der Waals surface area contributed by atoms with E-state index >= 15 is 0 Å². The number of carbonyl (C=O) groups excluding carboxylic acids is 4. The van der Waals surface area contributed by atoms with Gasteiger partial charge >= 0.3 is 17.9 Å². The number of oxime groups is 1. The molecular formula is C31H35N8O13S2+. The van der Waals surface area contributed by atoms with Crippen molar-refractivity contribution in [2.24, 2.45) is 5.16 Å². The van der Waals surface area contributed by atoms with Crippen molar-refractivity contribution in [3.63, 3.8) is 0 Å². The summed E-state index contributed by atoms with van der Waals surface area (Å²) in [4.78, 5) is 99.2. The number of thiazole rings is 1. The summed E-state index contributed by atoms with van der Waals surface area (Å²) in [6.07, 6.45) is -0.537. The predicted octanol–water partition coefficient (Wildman–Crippen LogP) is -1.21. The molecule has 0 spiro atoms. The van der Waals surface area contributed by atoms with Crippen LogP contribution in [0.15, 0.2) is 39.0 Å². The lowest BCUT2D eigenvalue weighted by Crippen LogP contribution is -2.71. The maximum atomic E-state index is 13.7. The summed E-state index contributed by atoms with van der Waals surface area (Å²) in [5.74, 6) is -6.32. The number of piperazine rings is 1. The second kappa shape index (κ2) is 15.0. The van der Waals surface area contributed by atoms with Crippen molar-refractivity contribution in [1.29, 1.82) is 0 Å². The molecule has 0 aromatic carbocycles. The van der Waals surface area contributed by atoms with Crippen molar-refractivity contribution < 1.29 is 63.4 Å². The van der Waals surface area contributed by atoms with Gasteiger partial charge in [-0.25, -0.2) is 9.78 Å². The third-order valence-electron chi connectivity index (χ3n) is 9.59. The Morgan fingerprint density at radius 1 is 1.20 bits per heavy atom. The molecule has 3 saturated heterocycles. The molecule has 288 valence electrons. The minimum atomic E-state index is -1.94. The van der Waals surface area contributed by atoms with Gasteiger partial charge in [0.1, 0.15) is 35.4 Å². The highest BCUT2D eigenvalue weighted by atomic mass is 32.2. The molecule has 6 heterocycles. The van der Waals surface area contributed by atoms with Gasteiger partial charge in [-0.15, -0.1) is 23.1 Å². The molecule has 4 aliphatic heterocycles. The van der Waals surface area contributed by atoms with Gasteiger partial charge in [-0.1, -0.05) is 5.16 Å². The number of fused-ring (bicyclic) bond motifs is 2. The first-order valence-electron chi connectivity index (χ1n) is 16.4. The van der Waals surface area contributed by atoms with Gasteiger partial charge in [0.15, 0.2) is 16.6 Å². The number of amides is 3. The number of rotatable bonds is 12. The highest BCUT2D eigenvalue weighted by Gasteiger charge is 2.56. The molecule has 0 bridgehead atoms. The molecule has 3 amide bonds. The van der Waals surface area contributed by atoms with E-state index in [0.717, 1.165) is 43.0 Å². The average molecular weight is 792 g/mol. The van der Waals surface area contributed by atoms with Gasteiger partial charge in [0.05, 0.1) is 44.4 Å². The number of aromatic hydroxyl groups is 1. The first-order chi connectivity index (χ1) is 25.6. The molecule has 0 aliphatic carbocycles. The SMILES string of the molecule is CC(=O)OC1=C(C[N@+]23CCC[C@H]2CN(C(=O)c2cc(=O)c(O)cn2O)CC3)CS[C@@H]2[C@H](NC(=O)/C(=N\O[C@@H](CC(=O)O)C(=O)O)c3csc(N)n3)C(=O)N12. The number of hydrogen-bond acceptors (Lipinski definition) is 16. The number of nitrogens with two attached hydrogens (primary N) is 1. The number of nitrogen functional groups attached to an aromatic ring is 1. The van der Waals surface area contributed by atoms with Crippen LogP contribution in [-0.2, 0) is 33.5 Å². The van der Waals surface area contributed by atoms with Crippen LogP contribution in [0.25, 0.3) is 0 Å². The molecule has 7 N–H and O–H groups in total. The summed E-state index contributed by atoms with van der Waals surface area (Å²) >= 11 is 2.25. The Bertz CT molecular complexity index is 2050. The molecule has 3 fully saturated rings. The van der Waals surface area contributed by atoms with E-state index in [-0.39, 0.29) is 35.0 Å². The summed E-state index contributed by atoms with van der Waals surface area (Å²) in [6.45, 7) is 3.39. The van der Waals surface area contributed by atoms with Gasteiger partial charge in [0.2, 0.25) is 17.4 Å². The van der Waals surface area contributed by atoms with Crippen molar-refractivity contribution >= 4 is 69.6 Å². The molecule has 2 aromatic heterocycles. The second-order valence-corrected chi connectivity index (χ2v) is 15.0. The topological polar surface area (TPSA) is 294 Å². The van der Waals surface area contributed by atoms with Crippen LogP contribution in [-0.4, -0.2) is 148 Å². The lowest BCUT2D eigenvalue weighted by atomic mass is 10.0. The minimum Gasteiger partial charge on any atom is -0.503 e. The predicted molar refractivity (Wildman–Crippen MR) is 185 cm³/mol. The zero-order chi connectivity index (χ0) is 39.1. The third-order valence-corrected chi connectivity index (χ3v) is 11.6. The molecule has 6 rings (SSSR count). The fourth-order valence-corrected chi connectivity index (χ4v) is 8.90. The number of anilines is 1. The second-order valence-electron chi connectivity index (χ2n) is 13.0. The number of carbonyl (C=O) groups is 6. The van der Waals surface area contributed by atoms with Crippen LogP contribution in [0, 0.1) is 0 Å². The van der Waals surface area contributed by atoms with Crippen LogP contribution < -0.4 is 16.5 Å². The number of β-lactam (4-membered cyclic amide) rings is 1. The molecule has 54 heavy (non-hydrogen) atoms. The maximum Gasteiger partial charge on any atom is 0.348 e. The number of hydrogen-bond donors (Lipinski definition) is 6. The van der Waals surface area contributed by atoms with Crippen molar-refractivity contribution in [1.82, 2.24) is 24.8 Å². The van der Waals surface area contributed by atoms with Crippen molar-refractivity contribution in [3.8, 4) is 5.75 Å². The highest BCUT2D eigenvalue weighted by Crippen LogP contribution is 2.43. The van der Waals surface area contributed by atoms with Crippen LogP contribution in [0.1, 0.15) is 42.4 Å². The fraction of sp³-hybridized carbons (Fsp3) is 0.452. The quantitative estimate of drug-likeness (QED) is 0.0367. The molecule has 21 nitrogen and oxygen atoms in total. The Morgan fingerprint density at radius 2 is 1.96 bits per heavy atom. The number of quaternary nitrogens is 1. The minimum absolute atomic E-state index is 0.0383. The summed E-state index contributed by atoms with van der Waals surface area (Å²) in [7, 11) is 0. The molecule has 4 aliphatic rings. The number of aromatic nitrogens is 2. The van der Waals surface area contributed by atoms with Crippen LogP contribution >= 0.6 is 23.1 Å². The normalized spacial score (nSPS) is 24.2. The smallest absolute Gasteiger partial charge is 0.348 e.